The Morgan fingerprint density at radius 2 is 2.15 bits per heavy atom. The van der Waals surface area contributed by atoms with E-state index in [-0.39, 0.29) is 0 Å². The van der Waals surface area contributed by atoms with Gasteiger partial charge in [0.15, 0.2) is 11.5 Å². The molecule has 0 saturated carbocycles. The van der Waals surface area contributed by atoms with E-state index in [0.717, 1.165) is 15.6 Å². The molecule has 0 spiro atoms. The average Bonchev–Trinajstić information content (AvgIpc) is 3.03. The van der Waals surface area contributed by atoms with Gasteiger partial charge in [0.05, 0.1) is 18.1 Å². The van der Waals surface area contributed by atoms with Crippen LogP contribution in [0.1, 0.15) is 11.1 Å². The van der Waals surface area contributed by atoms with Crippen molar-refractivity contribution in [3.63, 3.8) is 0 Å². The van der Waals surface area contributed by atoms with Gasteiger partial charge in [0.2, 0.25) is 4.77 Å². The first-order valence-electron chi connectivity index (χ1n) is 7.66. The number of aromatic nitrogens is 3. The third-order valence-electron chi connectivity index (χ3n) is 3.57. The van der Waals surface area contributed by atoms with Gasteiger partial charge in [-0.05, 0) is 63.5 Å². The SMILES string of the molecule is COc1cc(CNn2cn[nH]c2=S)cc(Br)c1OCc1cccc(Cl)c1. The van der Waals surface area contributed by atoms with Crippen molar-refractivity contribution in [3.05, 3.63) is 68.1 Å². The number of ether oxygens (including phenoxy) is 2. The lowest BCUT2D eigenvalue weighted by atomic mass is 10.2. The molecule has 0 aliphatic heterocycles. The summed E-state index contributed by atoms with van der Waals surface area (Å²) in [5.41, 5.74) is 5.13. The van der Waals surface area contributed by atoms with E-state index in [2.05, 4.69) is 31.6 Å². The third-order valence-corrected chi connectivity index (χ3v) is 4.68. The number of H-pyrrole nitrogens is 1. The fourth-order valence-electron chi connectivity index (χ4n) is 2.33. The molecule has 136 valence electrons. The lowest BCUT2D eigenvalue weighted by molar-refractivity contribution is 0.282. The van der Waals surface area contributed by atoms with E-state index in [4.69, 9.17) is 33.3 Å². The maximum absolute atomic E-state index is 6.01. The molecule has 3 rings (SSSR count). The summed E-state index contributed by atoms with van der Waals surface area (Å²) in [5.74, 6) is 1.27. The van der Waals surface area contributed by atoms with Gasteiger partial charge in [-0.2, -0.15) is 5.10 Å². The Hall–Kier alpha value is -2.03. The molecule has 2 aromatic carbocycles. The van der Waals surface area contributed by atoms with Gasteiger partial charge in [-0.15, -0.1) is 0 Å². The van der Waals surface area contributed by atoms with Crippen LogP contribution in [0.15, 0.2) is 47.2 Å². The highest BCUT2D eigenvalue weighted by Gasteiger charge is 2.12. The zero-order valence-corrected chi connectivity index (χ0v) is 17.0. The Labute approximate surface area is 169 Å². The van der Waals surface area contributed by atoms with Crippen LogP contribution in [0.25, 0.3) is 0 Å². The molecule has 0 amide bonds. The van der Waals surface area contributed by atoms with Crippen molar-refractivity contribution in [1.82, 2.24) is 14.9 Å². The summed E-state index contributed by atoms with van der Waals surface area (Å²) in [6.45, 7) is 0.925. The van der Waals surface area contributed by atoms with Crippen LogP contribution < -0.4 is 14.9 Å². The number of halogens is 2. The van der Waals surface area contributed by atoms with Gasteiger partial charge < -0.3 is 14.9 Å². The van der Waals surface area contributed by atoms with Crippen LogP contribution in [0, 0.1) is 4.77 Å². The molecule has 0 radical (unpaired) electrons. The van der Waals surface area contributed by atoms with Crippen LogP contribution in [0.4, 0.5) is 0 Å². The highest BCUT2D eigenvalue weighted by molar-refractivity contribution is 9.10. The molecule has 0 bridgehead atoms. The highest BCUT2D eigenvalue weighted by atomic mass is 79.9. The number of benzene rings is 2. The summed E-state index contributed by atoms with van der Waals surface area (Å²) in [5, 5.41) is 7.23. The standard InChI is InChI=1S/C17H16BrClN4O2S/c1-24-15-7-12(8-21-23-10-20-22-17(23)26)6-14(18)16(15)25-9-11-3-2-4-13(19)5-11/h2-7,10,21H,8-9H2,1H3,(H,22,26). The van der Waals surface area contributed by atoms with E-state index in [9.17, 15) is 0 Å². The van der Waals surface area contributed by atoms with E-state index >= 15 is 0 Å². The molecule has 0 unspecified atom stereocenters. The molecule has 0 aliphatic carbocycles. The lowest BCUT2D eigenvalue weighted by Gasteiger charge is -2.15. The number of nitrogens with zero attached hydrogens (tertiary/aromatic N) is 2. The summed E-state index contributed by atoms with van der Waals surface area (Å²) in [7, 11) is 1.61. The molecule has 1 heterocycles. The number of methoxy groups -OCH3 is 1. The fraction of sp³-hybridized carbons (Fsp3) is 0.176. The van der Waals surface area contributed by atoms with E-state index in [0.29, 0.717) is 34.4 Å². The average molecular weight is 456 g/mol. The summed E-state index contributed by atoms with van der Waals surface area (Å²) in [6, 6.07) is 11.4. The monoisotopic (exact) mass is 454 g/mol. The molecule has 1 aromatic heterocycles. The molecule has 0 atom stereocenters. The minimum Gasteiger partial charge on any atom is -0.493 e. The molecule has 6 nitrogen and oxygen atoms in total. The largest absolute Gasteiger partial charge is 0.493 e. The van der Waals surface area contributed by atoms with Gasteiger partial charge in [-0.3, -0.25) is 5.10 Å². The van der Waals surface area contributed by atoms with E-state index in [1.807, 2.05) is 36.4 Å². The Balaban J connectivity index is 1.74. The second-order valence-corrected chi connectivity index (χ2v) is 7.07. The minimum atomic E-state index is 0.386. The molecule has 0 fully saturated rings. The summed E-state index contributed by atoms with van der Waals surface area (Å²) >= 11 is 14.7. The van der Waals surface area contributed by atoms with Crippen LogP contribution in [0.3, 0.4) is 0 Å². The zero-order valence-electron chi connectivity index (χ0n) is 13.8. The Kier molecular flexibility index (Phi) is 6.18. The second-order valence-electron chi connectivity index (χ2n) is 5.39. The number of aromatic amines is 1. The third kappa shape index (κ3) is 4.57. The van der Waals surface area contributed by atoms with Gasteiger partial charge in [0.25, 0.3) is 0 Å². The Morgan fingerprint density at radius 1 is 1.31 bits per heavy atom. The fourth-order valence-corrected chi connectivity index (χ4v) is 3.32. The van der Waals surface area contributed by atoms with Crippen molar-refractivity contribution < 1.29 is 9.47 Å². The molecule has 9 heteroatoms. The predicted molar refractivity (Wildman–Crippen MR) is 107 cm³/mol. The minimum absolute atomic E-state index is 0.386. The molecule has 26 heavy (non-hydrogen) atoms. The molecule has 3 aromatic rings. The van der Waals surface area contributed by atoms with Crippen molar-refractivity contribution in [3.8, 4) is 11.5 Å². The zero-order chi connectivity index (χ0) is 18.5. The first-order chi connectivity index (χ1) is 12.6. The van der Waals surface area contributed by atoms with E-state index in [1.54, 1.807) is 18.1 Å². The van der Waals surface area contributed by atoms with Gasteiger partial charge in [0, 0.05) is 5.02 Å². The number of hydrogen-bond donors (Lipinski definition) is 2. The van der Waals surface area contributed by atoms with Gasteiger partial charge >= 0.3 is 0 Å². The Bertz CT molecular complexity index is 960. The smallest absolute Gasteiger partial charge is 0.214 e. The number of rotatable bonds is 7. The Morgan fingerprint density at radius 3 is 2.85 bits per heavy atom. The van der Waals surface area contributed by atoms with E-state index < -0.39 is 0 Å². The molecular weight excluding hydrogens is 440 g/mol. The summed E-state index contributed by atoms with van der Waals surface area (Å²) in [4.78, 5) is 0. The molecular formula is C17H16BrClN4O2S. The van der Waals surface area contributed by atoms with E-state index in [1.165, 1.54) is 0 Å². The number of nitrogens with one attached hydrogen (secondary N) is 2. The van der Waals surface area contributed by atoms with Gasteiger partial charge in [0.1, 0.15) is 12.9 Å². The lowest BCUT2D eigenvalue weighted by Crippen LogP contribution is -2.13. The first kappa shape index (κ1) is 18.8. The van der Waals surface area contributed by atoms with Crippen LogP contribution in [-0.2, 0) is 13.2 Å². The summed E-state index contributed by atoms with van der Waals surface area (Å²) in [6.07, 6.45) is 1.58. The van der Waals surface area contributed by atoms with Crippen molar-refractivity contribution in [2.24, 2.45) is 0 Å². The molecule has 0 aliphatic rings. The quantitative estimate of drug-likeness (QED) is 0.506. The topological polar surface area (TPSA) is 64.1 Å². The first-order valence-corrected chi connectivity index (χ1v) is 9.24. The van der Waals surface area contributed by atoms with Crippen LogP contribution in [0.2, 0.25) is 5.02 Å². The predicted octanol–water partition coefficient (Wildman–Crippen LogP) is 4.69. The normalized spacial score (nSPS) is 10.6. The van der Waals surface area contributed by atoms with Crippen molar-refractivity contribution in [2.75, 3.05) is 12.5 Å². The van der Waals surface area contributed by atoms with Crippen molar-refractivity contribution in [2.45, 2.75) is 13.2 Å². The van der Waals surface area contributed by atoms with Crippen LogP contribution >= 0.6 is 39.7 Å². The maximum atomic E-state index is 6.01. The van der Waals surface area contributed by atoms with Gasteiger partial charge in [-0.1, -0.05) is 23.7 Å². The van der Waals surface area contributed by atoms with Crippen LogP contribution in [0.5, 0.6) is 11.5 Å². The van der Waals surface area contributed by atoms with Gasteiger partial charge in [-0.25, -0.2) is 4.68 Å². The van der Waals surface area contributed by atoms with Crippen molar-refractivity contribution >= 4 is 39.7 Å². The number of hydrogen-bond acceptors (Lipinski definition) is 5. The van der Waals surface area contributed by atoms with Crippen molar-refractivity contribution in [1.29, 1.82) is 0 Å². The maximum Gasteiger partial charge on any atom is 0.214 e. The summed E-state index contributed by atoms with van der Waals surface area (Å²) < 4.78 is 14.4. The highest BCUT2D eigenvalue weighted by Crippen LogP contribution is 2.37. The molecule has 2 N–H and O–H groups in total. The molecule has 0 saturated heterocycles. The second kappa shape index (κ2) is 8.57. The van der Waals surface area contributed by atoms with Crippen LogP contribution in [-0.4, -0.2) is 22.0 Å².